The number of hydrogen-bond donors (Lipinski definition) is 3. The van der Waals surface area contributed by atoms with E-state index in [2.05, 4.69) is 22.1 Å². The van der Waals surface area contributed by atoms with Gasteiger partial charge in [0.25, 0.3) is 0 Å². The van der Waals surface area contributed by atoms with Crippen molar-refractivity contribution in [3.63, 3.8) is 0 Å². The van der Waals surface area contributed by atoms with Crippen LogP contribution >= 0.6 is 0 Å². The van der Waals surface area contributed by atoms with Crippen molar-refractivity contribution in [3.05, 3.63) is 29.3 Å². The maximum Gasteiger partial charge on any atom is 0.397 e. The topological polar surface area (TPSA) is 107 Å². The Morgan fingerprint density at radius 3 is 2.22 bits per heavy atom. The summed E-state index contributed by atoms with van der Waals surface area (Å²) in [5.74, 6) is 1.21. The number of fused-ring (bicyclic) bond motifs is 1. The van der Waals surface area contributed by atoms with Gasteiger partial charge in [0.2, 0.25) is 0 Å². The van der Waals surface area contributed by atoms with Crippen molar-refractivity contribution >= 4 is 10.4 Å². The van der Waals surface area contributed by atoms with Crippen LogP contribution in [0.4, 0.5) is 0 Å². The number of likely N-dealkylation sites (tertiary alicyclic amines) is 1. The molecule has 3 N–H and O–H groups in total. The summed E-state index contributed by atoms with van der Waals surface area (Å²) >= 11 is 0. The van der Waals surface area contributed by atoms with E-state index in [1.165, 1.54) is 88.3 Å². The van der Waals surface area contributed by atoms with Crippen molar-refractivity contribution in [1.29, 1.82) is 0 Å². The number of nitrogens with zero attached hydrogens (tertiary/aromatic N) is 1. The van der Waals surface area contributed by atoms with Gasteiger partial charge >= 0.3 is 10.4 Å². The highest BCUT2D eigenvalue weighted by molar-refractivity contribution is 7.80. The van der Waals surface area contributed by atoms with Crippen molar-refractivity contribution < 1.29 is 27.4 Å². The predicted molar refractivity (Wildman–Crippen MR) is 164 cm³/mol. The number of benzene rings is 1. The van der Waals surface area contributed by atoms with Gasteiger partial charge in [0.05, 0.1) is 12.2 Å². The van der Waals surface area contributed by atoms with E-state index in [1.807, 2.05) is 12.1 Å². The van der Waals surface area contributed by atoms with Gasteiger partial charge in [-0.3, -0.25) is 9.45 Å². The number of aliphatic hydroxyl groups is 1. The number of piperidine rings is 1. The summed E-state index contributed by atoms with van der Waals surface area (Å²) < 4.78 is 33.0. The minimum absolute atomic E-state index is 0.0926. The van der Waals surface area contributed by atoms with Crippen LogP contribution in [0.2, 0.25) is 0 Å². The van der Waals surface area contributed by atoms with E-state index in [-0.39, 0.29) is 18.1 Å². The molecule has 1 aromatic rings. The first kappa shape index (κ1) is 32.7. The van der Waals surface area contributed by atoms with E-state index in [4.69, 9.17) is 4.55 Å². The molecule has 1 aliphatic heterocycles. The van der Waals surface area contributed by atoms with Crippen LogP contribution in [-0.4, -0.2) is 59.4 Å². The van der Waals surface area contributed by atoms with E-state index in [0.717, 1.165) is 57.4 Å². The second-order valence-corrected chi connectivity index (χ2v) is 14.3. The Morgan fingerprint density at radius 1 is 0.927 bits per heavy atom. The molecule has 1 saturated heterocycles. The van der Waals surface area contributed by atoms with Gasteiger partial charge in [-0.05, 0) is 80.7 Å². The Hall–Kier alpha value is -1.19. The number of aromatic hydroxyl groups is 1. The third-order valence-corrected chi connectivity index (χ3v) is 11.0. The zero-order chi connectivity index (χ0) is 29.3. The van der Waals surface area contributed by atoms with Crippen molar-refractivity contribution in [2.75, 3.05) is 19.7 Å². The van der Waals surface area contributed by atoms with E-state index in [9.17, 15) is 18.6 Å². The lowest BCUT2D eigenvalue weighted by atomic mass is 9.49. The molecule has 5 rings (SSSR count). The molecule has 0 spiro atoms. The Morgan fingerprint density at radius 2 is 1.59 bits per heavy atom. The normalized spacial score (nSPS) is 27.7. The van der Waals surface area contributed by atoms with Crippen molar-refractivity contribution in [1.82, 2.24) is 4.90 Å². The fourth-order valence-corrected chi connectivity index (χ4v) is 8.40. The summed E-state index contributed by atoms with van der Waals surface area (Å²) in [5, 5.41) is 22.0. The molecule has 8 heteroatoms. The minimum atomic E-state index is -4.23. The van der Waals surface area contributed by atoms with Gasteiger partial charge in [-0.1, -0.05) is 90.0 Å². The van der Waals surface area contributed by atoms with Crippen LogP contribution < -0.4 is 0 Å². The molecule has 0 amide bonds. The summed E-state index contributed by atoms with van der Waals surface area (Å²) in [7, 11) is -4.23. The zero-order valence-electron chi connectivity index (χ0n) is 25.4. The Balaban J connectivity index is 0.000000204. The maximum atomic E-state index is 11.9. The average Bonchev–Trinajstić information content (AvgIpc) is 2.90. The minimum Gasteiger partial charge on any atom is -0.508 e. The number of phenolic OH excluding ortho intramolecular Hbond substituents is 1. The highest BCUT2D eigenvalue weighted by Crippen LogP contribution is 2.58. The van der Waals surface area contributed by atoms with Crippen molar-refractivity contribution in [2.45, 2.75) is 146 Å². The van der Waals surface area contributed by atoms with Gasteiger partial charge in [0.15, 0.2) is 0 Å². The Labute approximate surface area is 249 Å². The molecule has 41 heavy (non-hydrogen) atoms. The largest absolute Gasteiger partial charge is 0.508 e. The number of hydrogen-bond acceptors (Lipinski definition) is 6. The molecule has 3 fully saturated rings. The predicted octanol–water partition coefficient (Wildman–Crippen LogP) is 7.09. The van der Waals surface area contributed by atoms with Crippen LogP contribution in [0.25, 0.3) is 0 Å². The maximum absolute atomic E-state index is 11.9. The first-order chi connectivity index (χ1) is 19.7. The Bertz CT molecular complexity index is 1060. The van der Waals surface area contributed by atoms with E-state index >= 15 is 0 Å². The summed E-state index contributed by atoms with van der Waals surface area (Å²) in [6.07, 6.45) is 22.3. The highest BCUT2D eigenvalue weighted by Gasteiger charge is 2.63. The lowest BCUT2D eigenvalue weighted by molar-refractivity contribution is -0.169. The van der Waals surface area contributed by atoms with Crippen LogP contribution in [0.3, 0.4) is 0 Å². The molecule has 1 heterocycles. The number of rotatable bonds is 14. The summed E-state index contributed by atoms with van der Waals surface area (Å²) in [6.45, 7) is 4.60. The highest BCUT2D eigenvalue weighted by atomic mass is 32.3. The van der Waals surface area contributed by atoms with Crippen LogP contribution in [-0.2, 0) is 26.4 Å². The van der Waals surface area contributed by atoms with Crippen LogP contribution in [0.1, 0.15) is 134 Å². The fourth-order valence-electron chi connectivity index (χ4n) is 8.07. The molecule has 0 radical (unpaired) electrons. The van der Waals surface area contributed by atoms with Crippen molar-refractivity contribution in [3.8, 4) is 5.75 Å². The van der Waals surface area contributed by atoms with Crippen LogP contribution in [0.5, 0.6) is 5.75 Å². The second kappa shape index (κ2) is 15.0. The van der Waals surface area contributed by atoms with Gasteiger partial charge in [0.1, 0.15) is 5.75 Å². The van der Waals surface area contributed by atoms with Crippen LogP contribution in [0, 0.1) is 5.92 Å². The van der Waals surface area contributed by atoms with Crippen molar-refractivity contribution in [2.24, 2.45) is 5.92 Å². The fraction of sp³-hybridized carbons (Fsp3) is 0.818. The summed E-state index contributed by atoms with van der Waals surface area (Å²) in [5.41, 5.74) is 1.89. The monoisotopic (exact) mass is 593 g/mol. The molecule has 3 atom stereocenters. The average molecular weight is 594 g/mol. The first-order valence-corrected chi connectivity index (χ1v) is 18.0. The SMILES string of the molecule is CCCCCCCCCCCCOS(=O)(=O)O.Oc1ccc2c(c1)[C@@]13CCCC[C@@]1(O)[C@@H](C2)N(CC1CCC1)CC3. The molecule has 2 saturated carbocycles. The number of unbranched alkanes of at least 4 members (excludes halogenated alkanes) is 9. The summed E-state index contributed by atoms with van der Waals surface area (Å²) in [4.78, 5) is 2.63. The molecular formula is C33H55NO6S. The zero-order valence-corrected chi connectivity index (χ0v) is 26.2. The molecule has 0 unspecified atom stereocenters. The first-order valence-electron chi connectivity index (χ1n) is 16.6. The molecule has 7 nitrogen and oxygen atoms in total. The van der Waals surface area contributed by atoms with Gasteiger partial charge in [0, 0.05) is 18.0 Å². The van der Waals surface area contributed by atoms with Gasteiger partial charge < -0.3 is 10.2 Å². The molecular weight excluding hydrogens is 538 g/mol. The van der Waals surface area contributed by atoms with E-state index in [1.54, 1.807) is 0 Å². The molecule has 0 aromatic heterocycles. The number of phenols is 1. The lowest BCUT2D eigenvalue weighted by Crippen LogP contribution is -2.72. The third kappa shape index (κ3) is 8.26. The van der Waals surface area contributed by atoms with Crippen LogP contribution in [0.15, 0.2) is 18.2 Å². The second-order valence-electron chi connectivity index (χ2n) is 13.2. The molecule has 234 valence electrons. The lowest BCUT2D eigenvalue weighted by Gasteiger charge is -2.64. The van der Waals surface area contributed by atoms with E-state index < -0.39 is 16.0 Å². The van der Waals surface area contributed by atoms with Gasteiger partial charge in [-0.2, -0.15) is 8.42 Å². The van der Waals surface area contributed by atoms with E-state index in [0.29, 0.717) is 12.2 Å². The third-order valence-electron chi connectivity index (χ3n) is 10.5. The molecule has 2 bridgehead atoms. The summed E-state index contributed by atoms with van der Waals surface area (Å²) in [6, 6.07) is 6.17. The van der Waals surface area contributed by atoms with Gasteiger partial charge in [-0.15, -0.1) is 0 Å². The van der Waals surface area contributed by atoms with Gasteiger partial charge in [-0.25, -0.2) is 4.18 Å². The molecule has 4 aliphatic rings. The molecule has 3 aliphatic carbocycles. The smallest absolute Gasteiger partial charge is 0.397 e. The quantitative estimate of drug-likeness (QED) is 0.156. The Kier molecular flexibility index (Phi) is 12.0. The molecule has 1 aromatic carbocycles. The standard InChI is InChI=1S/C21H29NO2.C12H26O4S/c23-17-7-6-16-12-19-21(24)9-2-1-8-20(21,18(16)13-17)10-11-22(19)14-15-4-3-5-15;1-2-3-4-5-6-7-8-9-10-11-12-16-17(13,14)15/h6-7,13,15,19,23-24H,1-5,8-12,14H2;2-12H2,1H3,(H,13,14,15)/t19-,20+,21-;/m1./s1.